The second kappa shape index (κ2) is 3.76. The van der Waals surface area contributed by atoms with Crippen LogP contribution in [0.4, 0.5) is 0 Å². The summed E-state index contributed by atoms with van der Waals surface area (Å²) in [5, 5.41) is 8.93. The summed E-state index contributed by atoms with van der Waals surface area (Å²) in [4.78, 5) is 10.9. The molecule has 0 bridgehead atoms. The van der Waals surface area contributed by atoms with Gasteiger partial charge in [0.1, 0.15) is 0 Å². The fourth-order valence-corrected chi connectivity index (χ4v) is 2.60. The predicted molar refractivity (Wildman–Crippen MR) is 57.1 cm³/mol. The monoisotopic (exact) mass is 196 g/mol. The van der Waals surface area contributed by atoms with Crippen molar-refractivity contribution in [2.45, 2.75) is 47.0 Å². The van der Waals surface area contributed by atoms with Gasteiger partial charge in [-0.15, -0.1) is 0 Å². The molecule has 1 atom stereocenters. The molecule has 14 heavy (non-hydrogen) atoms. The van der Waals surface area contributed by atoms with E-state index in [0.29, 0.717) is 11.5 Å². The minimum absolute atomic E-state index is 0.268. The van der Waals surface area contributed by atoms with E-state index in [9.17, 15) is 4.79 Å². The number of rotatable bonds is 1. The summed E-state index contributed by atoms with van der Waals surface area (Å²) in [5.74, 6) is -0.145. The summed E-state index contributed by atoms with van der Waals surface area (Å²) in [7, 11) is 0. The Morgan fingerprint density at radius 2 is 2.07 bits per heavy atom. The fraction of sp³-hybridized carbons (Fsp3) is 0.750. The van der Waals surface area contributed by atoms with Crippen LogP contribution in [-0.2, 0) is 4.79 Å². The van der Waals surface area contributed by atoms with E-state index in [0.717, 1.165) is 18.4 Å². The van der Waals surface area contributed by atoms with Crippen LogP contribution >= 0.6 is 0 Å². The van der Waals surface area contributed by atoms with Gasteiger partial charge in [0.25, 0.3) is 0 Å². The summed E-state index contributed by atoms with van der Waals surface area (Å²) in [6, 6.07) is 0. The molecule has 0 aliphatic heterocycles. The summed E-state index contributed by atoms with van der Waals surface area (Å²) < 4.78 is 0. The van der Waals surface area contributed by atoms with Gasteiger partial charge in [-0.3, -0.25) is 0 Å². The molecule has 1 aliphatic rings. The maximum Gasteiger partial charge on any atom is 0.331 e. The molecular formula is C12H20O2. The van der Waals surface area contributed by atoms with E-state index in [4.69, 9.17) is 5.11 Å². The van der Waals surface area contributed by atoms with Crippen LogP contribution in [0.3, 0.4) is 0 Å². The number of carboxylic acid groups (broad SMARTS) is 1. The van der Waals surface area contributed by atoms with Crippen LogP contribution in [-0.4, -0.2) is 11.1 Å². The number of allylic oxidation sites excluding steroid dienone is 1. The average molecular weight is 196 g/mol. The van der Waals surface area contributed by atoms with E-state index in [1.807, 2.05) is 0 Å². The zero-order valence-electron chi connectivity index (χ0n) is 9.55. The van der Waals surface area contributed by atoms with Crippen molar-refractivity contribution in [1.29, 1.82) is 0 Å². The largest absolute Gasteiger partial charge is 0.478 e. The number of carbonyl (C=O) groups is 1. The standard InChI is InChI=1S/C12H20O2/c1-8-5-10(9(2)11(13)14)7-12(3,4)6-8/h8H,5-7H2,1-4H3,(H,13,14). The Morgan fingerprint density at radius 1 is 1.50 bits per heavy atom. The molecule has 0 amide bonds. The highest BCUT2D eigenvalue weighted by atomic mass is 16.4. The van der Waals surface area contributed by atoms with Gasteiger partial charge in [0, 0.05) is 5.57 Å². The maximum absolute atomic E-state index is 10.9. The molecule has 1 unspecified atom stereocenters. The molecule has 0 aromatic carbocycles. The molecule has 1 fully saturated rings. The van der Waals surface area contributed by atoms with Crippen molar-refractivity contribution in [1.82, 2.24) is 0 Å². The first-order valence-electron chi connectivity index (χ1n) is 5.24. The van der Waals surface area contributed by atoms with Gasteiger partial charge in [0.05, 0.1) is 0 Å². The Hall–Kier alpha value is -0.790. The molecule has 1 N–H and O–H groups in total. The molecule has 80 valence electrons. The van der Waals surface area contributed by atoms with Crippen LogP contribution in [0, 0.1) is 11.3 Å². The van der Waals surface area contributed by atoms with Crippen molar-refractivity contribution in [2.75, 3.05) is 0 Å². The first kappa shape index (κ1) is 11.3. The van der Waals surface area contributed by atoms with Gasteiger partial charge in [-0.2, -0.15) is 0 Å². The van der Waals surface area contributed by atoms with Gasteiger partial charge in [-0.05, 0) is 37.5 Å². The van der Waals surface area contributed by atoms with E-state index in [2.05, 4.69) is 20.8 Å². The van der Waals surface area contributed by atoms with Crippen molar-refractivity contribution in [2.24, 2.45) is 11.3 Å². The summed E-state index contributed by atoms with van der Waals surface area (Å²) in [5.41, 5.74) is 1.97. The minimum atomic E-state index is -0.759. The molecule has 0 spiro atoms. The third-order valence-corrected chi connectivity index (χ3v) is 3.04. The van der Waals surface area contributed by atoms with E-state index < -0.39 is 5.97 Å². The number of aliphatic carboxylic acids is 1. The Balaban J connectivity index is 2.91. The first-order chi connectivity index (χ1) is 6.32. The van der Waals surface area contributed by atoms with Gasteiger partial charge in [0.2, 0.25) is 0 Å². The van der Waals surface area contributed by atoms with Gasteiger partial charge in [-0.1, -0.05) is 26.3 Å². The van der Waals surface area contributed by atoms with Crippen molar-refractivity contribution < 1.29 is 9.90 Å². The summed E-state index contributed by atoms with van der Waals surface area (Å²) >= 11 is 0. The van der Waals surface area contributed by atoms with Crippen LogP contribution in [0.15, 0.2) is 11.1 Å². The van der Waals surface area contributed by atoms with Crippen molar-refractivity contribution in [3.05, 3.63) is 11.1 Å². The second-order valence-corrected chi connectivity index (χ2v) is 5.39. The van der Waals surface area contributed by atoms with E-state index in [-0.39, 0.29) is 5.41 Å². The number of hydrogen-bond donors (Lipinski definition) is 1. The van der Waals surface area contributed by atoms with Crippen LogP contribution in [0.25, 0.3) is 0 Å². The Morgan fingerprint density at radius 3 is 2.50 bits per heavy atom. The molecule has 0 radical (unpaired) electrons. The van der Waals surface area contributed by atoms with Crippen LogP contribution in [0.1, 0.15) is 47.0 Å². The average Bonchev–Trinajstić information content (AvgIpc) is 1.98. The topological polar surface area (TPSA) is 37.3 Å². The molecule has 0 aromatic heterocycles. The van der Waals surface area contributed by atoms with Crippen molar-refractivity contribution >= 4 is 5.97 Å². The lowest BCUT2D eigenvalue weighted by molar-refractivity contribution is -0.132. The molecule has 0 heterocycles. The zero-order valence-corrected chi connectivity index (χ0v) is 9.55. The highest BCUT2D eigenvalue weighted by molar-refractivity contribution is 5.86. The normalized spacial score (nSPS) is 29.9. The van der Waals surface area contributed by atoms with Crippen LogP contribution in [0.2, 0.25) is 0 Å². The molecule has 1 saturated carbocycles. The summed E-state index contributed by atoms with van der Waals surface area (Å²) in [6.45, 7) is 8.37. The Labute approximate surface area is 86.0 Å². The summed E-state index contributed by atoms with van der Waals surface area (Å²) in [6.07, 6.45) is 3.10. The zero-order chi connectivity index (χ0) is 10.9. The van der Waals surface area contributed by atoms with Gasteiger partial charge < -0.3 is 5.11 Å². The van der Waals surface area contributed by atoms with Crippen LogP contribution < -0.4 is 0 Å². The second-order valence-electron chi connectivity index (χ2n) is 5.39. The third-order valence-electron chi connectivity index (χ3n) is 3.04. The fourth-order valence-electron chi connectivity index (χ4n) is 2.60. The lowest BCUT2D eigenvalue weighted by atomic mass is 9.69. The SMILES string of the molecule is CC(C(=O)O)=C1CC(C)CC(C)(C)C1. The van der Waals surface area contributed by atoms with Crippen molar-refractivity contribution in [3.63, 3.8) is 0 Å². The molecule has 2 heteroatoms. The highest BCUT2D eigenvalue weighted by Gasteiger charge is 2.30. The molecule has 0 aromatic rings. The van der Waals surface area contributed by atoms with Crippen molar-refractivity contribution in [3.8, 4) is 0 Å². The smallest absolute Gasteiger partial charge is 0.331 e. The first-order valence-corrected chi connectivity index (χ1v) is 5.24. The molecule has 1 rings (SSSR count). The minimum Gasteiger partial charge on any atom is -0.478 e. The number of hydrogen-bond acceptors (Lipinski definition) is 1. The van der Waals surface area contributed by atoms with Gasteiger partial charge >= 0.3 is 5.97 Å². The molecule has 0 saturated heterocycles. The third kappa shape index (κ3) is 2.60. The Kier molecular flexibility index (Phi) is 3.03. The molecular weight excluding hydrogens is 176 g/mol. The lowest BCUT2D eigenvalue weighted by Crippen LogP contribution is -2.24. The molecule has 1 aliphatic carbocycles. The maximum atomic E-state index is 10.9. The lowest BCUT2D eigenvalue weighted by Gasteiger charge is -2.36. The van der Waals surface area contributed by atoms with E-state index in [1.54, 1.807) is 6.92 Å². The Bertz CT molecular complexity index is 274. The predicted octanol–water partition coefficient (Wildman–Crippen LogP) is 3.23. The van der Waals surface area contributed by atoms with Gasteiger partial charge in [-0.25, -0.2) is 4.79 Å². The van der Waals surface area contributed by atoms with Crippen LogP contribution in [0.5, 0.6) is 0 Å². The van der Waals surface area contributed by atoms with E-state index in [1.165, 1.54) is 6.42 Å². The van der Waals surface area contributed by atoms with Gasteiger partial charge in [0.15, 0.2) is 0 Å². The van der Waals surface area contributed by atoms with E-state index >= 15 is 0 Å². The molecule has 2 nitrogen and oxygen atoms in total. The quantitative estimate of drug-likeness (QED) is 0.654. The number of carboxylic acids is 1. The highest BCUT2D eigenvalue weighted by Crippen LogP contribution is 2.42.